The van der Waals surface area contributed by atoms with Crippen molar-refractivity contribution < 1.29 is 10.2 Å². The maximum atomic E-state index is 9.71. The number of aliphatic hydroxyl groups is 2. The van der Waals surface area contributed by atoms with Gasteiger partial charge in [0, 0.05) is 6.20 Å². The van der Waals surface area contributed by atoms with Gasteiger partial charge in [-0.25, -0.2) is 4.98 Å². The number of aromatic nitrogens is 1. The van der Waals surface area contributed by atoms with E-state index in [9.17, 15) is 10.2 Å². The van der Waals surface area contributed by atoms with Gasteiger partial charge in [0.15, 0.2) is 0 Å². The Morgan fingerprint density at radius 1 is 1.50 bits per heavy atom. The SMILES string of the molecule is OC(CCS)C(O)c1ccnc(Br)c1. The standard InChI is InChI=1S/C9H12BrNO2S/c10-8-5-6(1-3-11-8)9(13)7(12)2-4-14/h1,3,5,7,9,12-14H,2,4H2. The molecular formula is C9H12BrNO2S. The van der Waals surface area contributed by atoms with E-state index in [2.05, 4.69) is 33.5 Å². The van der Waals surface area contributed by atoms with E-state index in [1.165, 1.54) is 0 Å². The van der Waals surface area contributed by atoms with Crippen molar-refractivity contribution in [3.8, 4) is 0 Å². The molecule has 78 valence electrons. The Bertz CT molecular complexity index is 298. The highest BCUT2D eigenvalue weighted by atomic mass is 79.9. The summed E-state index contributed by atoms with van der Waals surface area (Å²) in [7, 11) is 0. The zero-order valence-electron chi connectivity index (χ0n) is 7.47. The molecule has 1 heterocycles. The fourth-order valence-electron chi connectivity index (χ4n) is 1.11. The van der Waals surface area contributed by atoms with Gasteiger partial charge in [-0.15, -0.1) is 0 Å². The summed E-state index contributed by atoms with van der Waals surface area (Å²) in [6.07, 6.45) is 0.392. The van der Waals surface area contributed by atoms with Crippen LogP contribution in [0.25, 0.3) is 0 Å². The third-order valence-electron chi connectivity index (χ3n) is 1.88. The van der Waals surface area contributed by atoms with Crippen molar-refractivity contribution in [3.63, 3.8) is 0 Å². The zero-order valence-corrected chi connectivity index (χ0v) is 9.95. The van der Waals surface area contributed by atoms with Crippen LogP contribution in [0.2, 0.25) is 0 Å². The molecule has 0 radical (unpaired) electrons. The van der Waals surface area contributed by atoms with Crippen LogP contribution in [-0.2, 0) is 0 Å². The molecule has 0 saturated heterocycles. The number of nitrogens with zero attached hydrogens (tertiary/aromatic N) is 1. The summed E-state index contributed by atoms with van der Waals surface area (Å²) in [5.74, 6) is 0.546. The van der Waals surface area contributed by atoms with Gasteiger partial charge in [-0.2, -0.15) is 12.6 Å². The molecule has 1 rings (SSSR count). The summed E-state index contributed by atoms with van der Waals surface area (Å²) in [6, 6.07) is 3.36. The molecular weight excluding hydrogens is 266 g/mol. The number of pyridine rings is 1. The summed E-state index contributed by atoms with van der Waals surface area (Å²) in [6.45, 7) is 0. The third kappa shape index (κ3) is 3.24. The molecule has 2 unspecified atom stereocenters. The van der Waals surface area contributed by atoms with E-state index in [-0.39, 0.29) is 0 Å². The molecule has 0 bridgehead atoms. The minimum atomic E-state index is -0.874. The van der Waals surface area contributed by atoms with E-state index in [4.69, 9.17) is 0 Å². The number of halogens is 1. The molecule has 2 atom stereocenters. The number of thiol groups is 1. The van der Waals surface area contributed by atoms with Crippen molar-refractivity contribution in [3.05, 3.63) is 28.5 Å². The lowest BCUT2D eigenvalue weighted by molar-refractivity contribution is 0.0171. The molecule has 0 aliphatic carbocycles. The average molecular weight is 278 g/mol. The molecule has 0 aliphatic heterocycles. The molecule has 1 aromatic heterocycles. The highest BCUT2D eigenvalue weighted by molar-refractivity contribution is 9.10. The average Bonchev–Trinajstić information content (AvgIpc) is 2.17. The van der Waals surface area contributed by atoms with Gasteiger partial charge in [-0.1, -0.05) is 0 Å². The van der Waals surface area contributed by atoms with Gasteiger partial charge in [-0.3, -0.25) is 0 Å². The molecule has 14 heavy (non-hydrogen) atoms. The van der Waals surface area contributed by atoms with Gasteiger partial charge in [0.1, 0.15) is 10.7 Å². The van der Waals surface area contributed by atoms with Crippen LogP contribution in [0.5, 0.6) is 0 Å². The first kappa shape index (κ1) is 12.0. The second-order valence-corrected chi connectivity index (χ2v) is 4.20. The molecule has 0 aliphatic rings. The fourth-order valence-corrected chi connectivity index (χ4v) is 1.76. The Morgan fingerprint density at radius 3 is 2.79 bits per heavy atom. The normalized spacial score (nSPS) is 15.1. The van der Waals surface area contributed by atoms with Gasteiger partial charge in [0.25, 0.3) is 0 Å². The summed E-state index contributed by atoms with van der Waals surface area (Å²) in [5.41, 5.74) is 0.654. The predicted octanol–water partition coefficient (Wildman–Crippen LogP) is 1.56. The minimum absolute atomic E-state index is 0.463. The van der Waals surface area contributed by atoms with Crippen molar-refractivity contribution in [1.29, 1.82) is 0 Å². The minimum Gasteiger partial charge on any atom is -0.390 e. The van der Waals surface area contributed by atoms with Crippen LogP contribution >= 0.6 is 28.6 Å². The zero-order chi connectivity index (χ0) is 10.6. The van der Waals surface area contributed by atoms with E-state index < -0.39 is 12.2 Å². The monoisotopic (exact) mass is 277 g/mol. The van der Waals surface area contributed by atoms with Crippen molar-refractivity contribution in [2.45, 2.75) is 18.6 Å². The first-order chi connectivity index (χ1) is 6.65. The van der Waals surface area contributed by atoms with Crippen LogP contribution in [0.15, 0.2) is 22.9 Å². The van der Waals surface area contributed by atoms with Gasteiger partial charge in [0.2, 0.25) is 0 Å². The van der Waals surface area contributed by atoms with Crippen LogP contribution in [0.4, 0.5) is 0 Å². The van der Waals surface area contributed by atoms with Gasteiger partial charge in [0.05, 0.1) is 6.10 Å². The lowest BCUT2D eigenvalue weighted by Crippen LogP contribution is -2.18. The number of rotatable bonds is 4. The second-order valence-electron chi connectivity index (χ2n) is 2.94. The summed E-state index contributed by atoms with van der Waals surface area (Å²) in [4.78, 5) is 3.94. The topological polar surface area (TPSA) is 53.4 Å². The van der Waals surface area contributed by atoms with E-state index in [1.54, 1.807) is 18.3 Å². The first-order valence-corrected chi connectivity index (χ1v) is 5.66. The smallest absolute Gasteiger partial charge is 0.106 e. The van der Waals surface area contributed by atoms with E-state index in [0.717, 1.165) is 0 Å². The van der Waals surface area contributed by atoms with E-state index >= 15 is 0 Å². The fraction of sp³-hybridized carbons (Fsp3) is 0.444. The molecule has 3 nitrogen and oxygen atoms in total. The Labute approximate surface area is 96.7 Å². The van der Waals surface area contributed by atoms with E-state index in [1.807, 2.05) is 0 Å². The molecule has 0 spiro atoms. The molecule has 0 fully saturated rings. The Hall–Kier alpha value is -0.100. The van der Waals surface area contributed by atoms with Crippen LogP contribution in [0, 0.1) is 0 Å². The number of aliphatic hydroxyl groups excluding tert-OH is 2. The van der Waals surface area contributed by atoms with Crippen LogP contribution in [-0.4, -0.2) is 27.1 Å². The molecule has 0 saturated carbocycles. The number of hydrogen-bond acceptors (Lipinski definition) is 4. The third-order valence-corrected chi connectivity index (χ3v) is 2.57. The first-order valence-electron chi connectivity index (χ1n) is 4.23. The Morgan fingerprint density at radius 2 is 2.21 bits per heavy atom. The van der Waals surface area contributed by atoms with Crippen LogP contribution < -0.4 is 0 Å². The van der Waals surface area contributed by atoms with Gasteiger partial charge < -0.3 is 10.2 Å². The van der Waals surface area contributed by atoms with Crippen LogP contribution in [0.3, 0.4) is 0 Å². The summed E-state index contributed by atoms with van der Waals surface area (Å²) >= 11 is 7.19. The predicted molar refractivity (Wildman–Crippen MR) is 61.4 cm³/mol. The largest absolute Gasteiger partial charge is 0.390 e. The molecule has 2 N–H and O–H groups in total. The second kappa shape index (κ2) is 5.70. The van der Waals surface area contributed by atoms with Gasteiger partial charge >= 0.3 is 0 Å². The maximum absolute atomic E-state index is 9.71. The Kier molecular flexibility index (Phi) is 4.88. The molecule has 5 heteroatoms. The highest BCUT2D eigenvalue weighted by Crippen LogP contribution is 2.20. The van der Waals surface area contributed by atoms with Gasteiger partial charge in [-0.05, 0) is 45.8 Å². The number of hydrogen-bond donors (Lipinski definition) is 3. The quantitative estimate of drug-likeness (QED) is 0.578. The van der Waals surface area contributed by atoms with Crippen molar-refractivity contribution in [2.24, 2.45) is 0 Å². The Balaban J connectivity index is 2.73. The van der Waals surface area contributed by atoms with Crippen molar-refractivity contribution >= 4 is 28.6 Å². The van der Waals surface area contributed by atoms with Crippen LogP contribution in [0.1, 0.15) is 18.1 Å². The maximum Gasteiger partial charge on any atom is 0.106 e. The van der Waals surface area contributed by atoms with E-state index in [0.29, 0.717) is 22.3 Å². The highest BCUT2D eigenvalue weighted by Gasteiger charge is 2.17. The summed E-state index contributed by atoms with van der Waals surface area (Å²) < 4.78 is 0.645. The molecule has 0 aromatic carbocycles. The lowest BCUT2D eigenvalue weighted by Gasteiger charge is -2.17. The molecule has 0 amide bonds. The van der Waals surface area contributed by atoms with Crippen molar-refractivity contribution in [2.75, 3.05) is 5.75 Å². The lowest BCUT2D eigenvalue weighted by atomic mass is 10.0. The summed E-state index contributed by atoms with van der Waals surface area (Å²) in [5, 5.41) is 19.2. The molecule has 1 aromatic rings. The van der Waals surface area contributed by atoms with Crippen molar-refractivity contribution in [1.82, 2.24) is 4.98 Å².